The van der Waals surface area contributed by atoms with Crippen LogP contribution in [0, 0.1) is 5.92 Å². The van der Waals surface area contributed by atoms with Crippen molar-refractivity contribution in [2.24, 2.45) is 5.92 Å². The van der Waals surface area contributed by atoms with Gasteiger partial charge < -0.3 is 15.4 Å². The number of ether oxygens (including phenoxy) is 1. The summed E-state index contributed by atoms with van der Waals surface area (Å²) >= 11 is 2.82. The van der Waals surface area contributed by atoms with Crippen LogP contribution in [-0.4, -0.2) is 42.9 Å². The van der Waals surface area contributed by atoms with E-state index in [1.807, 2.05) is 30.5 Å². The van der Waals surface area contributed by atoms with Crippen LogP contribution in [0.1, 0.15) is 42.5 Å². The van der Waals surface area contributed by atoms with Crippen molar-refractivity contribution in [1.29, 1.82) is 0 Å². The molecule has 0 aromatic heterocycles. The lowest BCUT2D eigenvalue weighted by atomic mass is 9.89. The largest absolute Gasteiger partial charge is 0.452 e. The molecule has 2 aromatic carbocycles. The molecule has 33 heavy (non-hydrogen) atoms. The third-order valence-electron chi connectivity index (χ3n) is 5.49. The molecule has 0 bridgehead atoms. The van der Waals surface area contributed by atoms with E-state index >= 15 is 0 Å². The standard InChI is InChI=1S/C25H30N2O4S2/c1-32-22-14-8-6-12-20(22)27-23(28)16-31-25(30)19-11-5-7-13-21(19)33-17-24(29)26-15-18-9-3-2-4-10-18/h5-8,11-14,18H,2-4,9-10,15-17H2,1H3,(H,26,29)(H,27,28). The third-order valence-corrected chi connectivity index (χ3v) is 7.36. The van der Waals surface area contributed by atoms with Crippen LogP contribution in [-0.2, 0) is 14.3 Å². The van der Waals surface area contributed by atoms with E-state index in [0.717, 1.165) is 11.4 Å². The minimum Gasteiger partial charge on any atom is -0.452 e. The molecule has 2 N–H and O–H groups in total. The van der Waals surface area contributed by atoms with Crippen molar-refractivity contribution in [2.45, 2.75) is 41.9 Å². The summed E-state index contributed by atoms with van der Waals surface area (Å²) in [6, 6.07) is 14.4. The number of hydrogen-bond donors (Lipinski definition) is 2. The number of rotatable bonds is 10. The Morgan fingerprint density at radius 1 is 0.939 bits per heavy atom. The van der Waals surface area contributed by atoms with Gasteiger partial charge in [0.1, 0.15) is 0 Å². The lowest BCUT2D eigenvalue weighted by molar-refractivity contribution is -0.119. The van der Waals surface area contributed by atoms with Crippen LogP contribution in [0.3, 0.4) is 0 Å². The molecule has 0 saturated heterocycles. The van der Waals surface area contributed by atoms with Gasteiger partial charge in [0.05, 0.1) is 17.0 Å². The van der Waals surface area contributed by atoms with Crippen molar-refractivity contribution in [2.75, 3.05) is 30.5 Å². The van der Waals surface area contributed by atoms with Crippen molar-refractivity contribution in [3.8, 4) is 0 Å². The molecule has 2 aromatic rings. The maximum absolute atomic E-state index is 12.6. The number of hydrogen-bond acceptors (Lipinski definition) is 6. The predicted molar refractivity (Wildman–Crippen MR) is 134 cm³/mol. The Bertz CT molecular complexity index is 961. The molecule has 6 nitrogen and oxygen atoms in total. The molecule has 0 spiro atoms. The van der Waals surface area contributed by atoms with Gasteiger partial charge in [0, 0.05) is 16.3 Å². The van der Waals surface area contributed by atoms with Crippen molar-refractivity contribution in [1.82, 2.24) is 5.32 Å². The Balaban J connectivity index is 1.47. The summed E-state index contributed by atoms with van der Waals surface area (Å²) in [5.41, 5.74) is 1.03. The van der Waals surface area contributed by atoms with E-state index in [-0.39, 0.29) is 18.3 Å². The number of benzene rings is 2. The molecule has 0 heterocycles. The first-order valence-electron chi connectivity index (χ1n) is 11.2. The minimum absolute atomic E-state index is 0.0411. The molecule has 3 rings (SSSR count). The van der Waals surface area contributed by atoms with Crippen LogP contribution in [0.25, 0.3) is 0 Å². The van der Waals surface area contributed by atoms with Crippen molar-refractivity contribution >= 4 is 47.0 Å². The molecule has 1 aliphatic carbocycles. The molecular weight excluding hydrogens is 456 g/mol. The van der Waals surface area contributed by atoms with Crippen LogP contribution in [0.2, 0.25) is 0 Å². The maximum Gasteiger partial charge on any atom is 0.339 e. The lowest BCUT2D eigenvalue weighted by Crippen LogP contribution is -2.31. The summed E-state index contributed by atoms with van der Waals surface area (Å²) in [6.45, 7) is 0.334. The van der Waals surface area contributed by atoms with E-state index in [2.05, 4.69) is 10.6 Å². The first-order chi connectivity index (χ1) is 16.1. The monoisotopic (exact) mass is 486 g/mol. The molecule has 176 valence electrons. The van der Waals surface area contributed by atoms with E-state index in [4.69, 9.17) is 4.74 Å². The predicted octanol–water partition coefficient (Wildman–Crippen LogP) is 4.99. The Morgan fingerprint density at radius 3 is 2.39 bits per heavy atom. The smallest absolute Gasteiger partial charge is 0.339 e. The summed E-state index contributed by atoms with van der Waals surface area (Å²) < 4.78 is 5.24. The fraction of sp³-hybridized carbons (Fsp3) is 0.400. The molecule has 0 radical (unpaired) electrons. The molecule has 0 unspecified atom stereocenters. The average Bonchev–Trinajstić information content (AvgIpc) is 2.86. The third kappa shape index (κ3) is 8.12. The quantitative estimate of drug-likeness (QED) is 0.363. The van der Waals surface area contributed by atoms with Crippen LogP contribution in [0.5, 0.6) is 0 Å². The number of nitrogens with one attached hydrogen (secondary N) is 2. The molecule has 8 heteroatoms. The van der Waals surface area contributed by atoms with Crippen LogP contribution in [0.4, 0.5) is 5.69 Å². The minimum atomic E-state index is -0.589. The first kappa shape index (κ1) is 25.2. The maximum atomic E-state index is 12.6. The van der Waals surface area contributed by atoms with Crippen LogP contribution >= 0.6 is 23.5 Å². The van der Waals surface area contributed by atoms with E-state index in [0.29, 0.717) is 22.1 Å². The number of carbonyl (C=O) groups is 3. The van der Waals surface area contributed by atoms with Gasteiger partial charge in [-0.25, -0.2) is 4.79 Å². The van der Waals surface area contributed by atoms with Gasteiger partial charge in [-0.1, -0.05) is 43.5 Å². The van der Waals surface area contributed by atoms with Gasteiger partial charge in [0.2, 0.25) is 5.91 Å². The normalized spacial score (nSPS) is 13.8. The average molecular weight is 487 g/mol. The number of carbonyl (C=O) groups excluding carboxylic acids is 3. The lowest BCUT2D eigenvalue weighted by Gasteiger charge is -2.21. The SMILES string of the molecule is CSc1ccccc1NC(=O)COC(=O)c1ccccc1SCC(=O)NCC1CCCCC1. The number of anilines is 1. The second-order valence-electron chi connectivity index (χ2n) is 7.92. The molecule has 1 fully saturated rings. The van der Waals surface area contributed by atoms with Gasteiger partial charge in [-0.05, 0) is 49.3 Å². The zero-order valence-electron chi connectivity index (χ0n) is 18.8. The Labute approximate surface area is 203 Å². The van der Waals surface area contributed by atoms with E-state index in [1.54, 1.807) is 24.3 Å². The number of amides is 2. The number of esters is 1. The van der Waals surface area contributed by atoms with Crippen molar-refractivity contribution < 1.29 is 19.1 Å². The highest BCUT2D eigenvalue weighted by Crippen LogP contribution is 2.26. The van der Waals surface area contributed by atoms with Crippen LogP contribution < -0.4 is 10.6 Å². The fourth-order valence-corrected chi connectivity index (χ4v) is 5.17. The van der Waals surface area contributed by atoms with E-state index in [1.165, 1.54) is 55.6 Å². The molecular formula is C25H30N2O4S2. The number of para-hydroxylation sites is 1. The Hall–Kier alpha value is -2.45. The van der Waals surface area contributed by atoms with Gasteiger partial charge in [0.25, 0.3) is 5.91 Å². The summed E-state index contributed by atoms with van der Waals surface area (Å²) in [6.07, 6.45) is 8.06. The highest BCUT2D eigenvalue weighted by Gasteiger charge is 2.17. The molecule has 1 aliphatic rings. The fourth-order valence-electron chi connectivity index (χ4n) is 3.75. The summed E-state index contributed by atoms with van der Waals surface area (Å²) in [5, 5.41) is 5.78. The highest BCUT2D eigenvalue weighted by molar-refractivity contribution is 8.00. The molecule has 0 atom stereocenters. The summed E-state index contributed by atoms with van der Waals surface area (Å²) in [4.78, 5) is 38.7. The van der Waals surface area contributed by atoms with E-state index in [9.17, 15) is 14.4 Å². The van der Waals surface area contributed by atoms with Gasteiger partial charge in [-0.15, -0.1) is 23.5 Å². The van der Waals surface area contributed by atoms with Gasteiger partial charge >= 0.3 is 5.97 Å². The van der Waals surface area contributed by atoms with E-state index < -0.39 is 11.9 Å². The highest BCUT2D eigenvalue weighted by atomic mass is 32.2. The van der Waals surface area contributed by atoms with Crippen LogP contribution in [0.15, 0.2) is 58.3 Å². The second kappa shape index (κ2) is 13.3. The topological polar surface area (TPSA) is 84.5 Å². The van der Waals surface area contributed by atoms with Gasteiger partial charge in [-0.3, -0.25) is 9.59 Å². The Kier molecular flexibility index (Phi) is 10.2. The Morgan fingerprint density at radius 2 is 1.64 bits per heavy atom. The number of thioether (sulfide) groups is 2. The molecule has 2 amide bonds. The van der Waals surface area contributed by atoms with Crippen molar-refractivity contribution in [3.63, 3.8) is 0 Å². The van der Waals surface area contributed by atoms with Crippen molar-refractivity contribution in [3.05, 3.63) is 54.1 Å². The van der Waals surface area contributed by atoms with Gasteiger partial charge in [-0.2, -0.15) is 0 Å². The molecule has 0 aliphatic heterocycles. The summed E-state index contributed by atoms with van der Waals surface area (Å²) in [5.74, 6) is -0.237. The zero-order valence-corrected chi connectivity index (χ0v) is 20.4. The summed E-state index contributed by atoms with van der Waals surface area (Å²) in [7, 11) is 0. The van der Waals surface area contributed by atoms with Gasteiger partial charge in [0.15, 0.2) is 6.61 Å². The first-order valence-corrected chi connectivity index (χ1v) is 13.4. The second-order valence-corrected chi connectivity index (χ2v) is 9.78. The molecule has 1 saturated carbocycles. The zero-order chi connectivity index (χ0) is 23.5.